The Labute approximate surface area is 197 Å². The van der Waals surface area contributed by atoms with Crippen LogP contribution in [0.25, 0.3) is 10.8 Å². The van der Waals surface area contributed by atoms with Gasteiger partial charge in [0, 0.05) is 22.9 Å². The van der Waals surface area contributed by atoms with E-state index in [0.717, 1.165) is 28.5 Å². The van der Waals surface area contributed by atoms with Crippen LogP contribution in [-0.2, 0) is 6.18 Å². The Morgan fingerprint density at radius 2 is 1.74 bits per heavy atom. The van der Waals surface area contributed by atoms with E-state index in [1.807, 2.05) is 37.3 Å². The van der Waals surface area contributed by atoms with Gasteiger partial charge in [0.15, 0.2) is 0 Å². The second kappa shape index (κ2) is 9.15. The Balaban J connectivity index is 1.83. The standard InChI is InChI=1S/C25H16ClF3N2O3/c1-15-6-9-18(26)13-21(15)30-14-20-19-5-3-2-4-16(19)7-10-23(20)34-24-11-8-17(25(27,28)29)12-22(24)31(32)33/h2-14H,1H3. The maximum atomic E-state index is 13.1. The zero-order chi connectivity index (χ0) is 24.5. The maximum absolute atomic E-state index is 13.1. The summed E-state index contributed by atoms with van der Waals surface area (Å²) >= 11 is 6.08. The minimum absolute atomic E-state index is 0.199. The highest BCUT2D eigenvalue weighted by Crippen LogP contribution is 2.39. The number of nitro benzene ring substituents is 1. The fourth-order valence-corrected chi connectivity index (χ4v) is 3.56. The van der Waals surface area contributed by atoms with Crippen molar-refractivity contribution in [1.82, 2.24) is 0 Å². The predicted molar refractivity (Wildman–Crippen MR) is 126 cm³/mol. The molecule has 34 heavy (non-hydrogen) atoms. The van der Waals surface area contributed by atoms with Gasteiger partial charge in [-0.05, 0) is 53.6 Å². The lowest BCUT2D eigenvalue weighted by atomic mass is 10.0. The summed E-state index contributed by atoms with van der Waals surface area (Å²) in [6.45, 7) is 1.87. The van der Waals surface area contributed by atoms with Crippen LogP contribution in [0.1, 0.15) is 16.7 Å². The highest BCUT2D eigenvalue weighted by molar-refractivity contribution is 6.30. The van der Waals surface area contributed by atoms with Crippen LogP contribution in [0.3, 0.4) is 0 Å². The molecule has 5 nitrogen and oxygen atoms in total. The molecule has 0 amide bonds. The van der Waals surface area contributed by atoms with E-state index in [1.165, 1.54) is 0 Å². The van der Waals surface area contributed by atoms with E-state index in [2.05, 4.69) is 4.99 Å². The molecule has 0 saturated heterocycles. The molecule has 172 valence electrons. The quantitative estimate of drug-likeness (QED) is 0.163. The van der Waals surface area contributed by atoms with Crippen molar-refractivity contribution >= 4 is 40.0 Å². The lowest BCUT2D eigenvalue weighted by molar-refractivity contribution is -0.385. The lowest BCUT2D eigenvalue weighted by Crippen LogP contribution is -2.06. The van der Waals surface area contributed by atoms with Crippen LogP contribution in [0.2, 0.25) is 5.02 Å². The monoisotopic (exact) mass is 484 g/mol. The summed E-state index contributed by atoms with van der Waals surface area (Å²) in [5, 5.41) is 13.6. The predicted octanol–water partition coefficient (Wildman–Crippen LogP) is 8.27. The average Bonchev–Trinajstić information content (AvgIpc) is 2.79. The number of rotatable bonds is 5. The summed E-state index contributed by atoms with van der Waals surface area (Å²) in [6.07, 6.45) is -3.18. The molecule has 0 unspecified atom stereocenters. The van der Waals surface area contributed by atoms with Gasteiger partial charge in [-0.15, -0.1) is 0 Å². The van der Waals surface area contributed by atoms with E-state index in [0.29, 0.717) is 22.3 Å². The van der Waals surface area contributed by atoms with Crippen molar-refractivity contribution in [2.24, 2.45) is 4.99 Å². The Kier molecular flexibility index (Phi) is 6.26. The third-order valence-corrected chi connectivity index (χ3v) is 5.37. The number of hydrogen-bond acceptors (Lipinski definition) is 4. The summed E-state index contributed by atoms with van der Waals surface area (Å²) in [5.74, 6) is -0.119. The molecule has 0 spiro atoms. The van der Waals surface area contributed by atoms with Crippen molar-refractivity contribution in [3.63, 3.8) is 0 Å². The first kappa shape index (κ1) is 23.3. The number of hydrogen-bond donors (Lipinski definition) is 0. The van der Waals surface area contributed by atoms with Gasteiger partial charge < -0.3 is 4.74 Å². The second-order valence-electron chi connectivity index (χ2n) is 7.43. The molecule has 0 aromatic heterocycles. The molecule has 4 rings (SSSR count). The Morgan fingerprint density at radius 3 is 2.47 bits per heavy atom. The van der Waals surface area contributed by atoms with Crippen molar-refractivity contribution in [1.29, 1.82) is 0 Å². The van der Waals surface area contributed by atoms with E-state index in [1.54, 1.807) is 30.5 Å². The number of halogens is 4. The van der Waals surface area contributed by atoms with Crippen molar-refractivity contribution in [3.05, 3.63) is 105 Å². The number of benzene rings is 4. The molecule has 0 atom stereocenters. The van der Waals surface area contributed by atoms with Crippen LogP contribution in [0.4, 0.5) is 24.5 Å². The topological polar surface area (TPSA) is 64.7 Å². The molecule has 0 saturated carbocycles. The minimum Gasteiger partial charge on any atom is -0.449 e. The number of aryl methyl sites for hydroxylation is 1. The fourth-order valence-electron chi connectivity index (χ4n) is 3.39. The number of nitro groups is 1. The molecule has 0 radical (unpaired) electrons. The summed E-state index contributed by atoms with van der Waals surface area (Å²) in [6, 6.07) is 18.1. The Hall–Kier alpha value is -3.91. The van der Waals surface area contributed by atoms with E-state index in [9.17, 15) is 23.3 Å². The smallest absolute Gasteiger partial charge is 0.416 e. The molecule has 0 N–H and O–H groups in total. The molecule has 0 heterocycles. The van der Waals surface area contributed by atoms with Crippen LogP contribution in [0, 0.1) is 17.0 Å². The summed E-state index contributed by atoms with van der Waals surface area (Å²) in [4.78, 5) is 15.1. The molecule has 4 aromatic carbocycles. The zero-order valence-corrected chi connectivity index (χ0v) is 18.4. The van der Waals surface area contributed by atoms with Crippen LogP contribution >= 0.6 is 11.6 Å². The number of aliphatic imine (C=N–C) groups is 1. The van der Waals surface area contributed by atoms with Gasteiger partial charge in [0.1, 0.15) is 5.75 Å². The number of ether oxygens (including phenoxy) is 1. The first-order valence-electron chi connectivity index (χ1n) is 9.99. The third-order valence-electron chi connectivity index (χ3n) is 5.14. The van der Waals surface area contributed by atoms with E-state index >= 15 is 0 Å². The van der Waals surface area contributed by atoms with Crippen molar-refractivity contribution in [2.45, 2.75) is 13.1 Å². The molecule has 9 heteroatoms. The van der Waals surface area contributed by atoms with E-state index in [-0.39, 0.29) is 11.5 Å². The van der Waals surface area contributed by atoms with Crippen LogP contribution in [0.15, 0.2) is 77.8 Å². The molecule has 4 aromatic rings. The third kappa shape index (κ3) is 4.87. The molecule has 0 aliphatic heterocycles. The number of fused-ring (bicyclic) bond motifs is 1. The normalized spacial score (nSPS) is 11.8. The van der Waals surface area contributed by atoms with E-state index in [4.69, 9.17) is 16.3 Å². The van der Waals surface area contributed by atoms with Gasteiger partial charge in [0.25, 0.3) is 0 Å². The van der Waals surface area contributed by atoms with Crippen molar-refractivity contribution in [3.8, 4) is 11.5 Å². The molecule has 0 aliphatic carbocycles. The van der Waals surface area contributed by atoms with Gasteiger partial charge in [-0.2, -0.15) is 13.2 Å². The average molecular weight is 485 g/mol. The molecule has 0 bridgehead atoms. The van der Waals surface area contributed by atoms with Crippen molar-refractivity contribution < 1.29 is 22.8 Å². The second-order valence-corrected chi connectivity index (χ2v) is 7.86. The van der Waals surface area contributed by atoms with Crippen LogP contribution in [-0.4, -0.2) is 11.1 Å². The summed E-state index contributed by atoms with van der Waals surface area (Å²) in [7, 11) is 0. The minimum atomic E-state index is -4.72. The van der Waals surface area contributed by atoms with Gasteiger partial charge in [-0.1, -0.05) is 48.0 Å². The lowest BCUT2D eigenvalue weighted by Gasteiger charge is -2.13. The first-order chi connectivity index (χ1) is 16.1. The van der Waals surface area contributed by atoms with E-state index < -0.39 is 22.4 Å². The Bertz CT molecular complexity index is 1440. The number of nitrogens with zero attached hydrogens (tertiary/aromatic N) is 2. The number of alkyl halides is 3. The van der Waals surface area contributed by atoms with Crippen molar-refractivity contribution in [2.75, 3.05) is 0 Å². The molecule has 0 fully saturated rings. The largest absolute Gasteiger partial charge is 0.449 e. The highest BCUT2D eigenvalue weighted by Gasteiger charge is 2.33. The molecule has 0 aliphatic rings. The van der Waals surface area contributed by atoms with Crippen LogP contribution in [0.5, 0.6) is 11.5 Å². The fraction of sp³-hybridized carbons (Fsp3) is 0.0800. The van der Waals surface area contributed by atoms with Gasteiger partial charge in [0.05, 0.1) is 16.2 Å². The first-order valence-corrected chi connectivity index (χ1v) is 10.4. The SMILES string of the molecule is Cc1ccc(Cl)cc1N=Cc1c(Oc2ccc(C(F)(F)F)cc2[N+](=O)[O-])ccc2ccccc12. The van der Waals surface area contributed by atoms with Crippen LogP contribution < -0.4 is 4.74 Å². The van der Waals surface area contributed by atoms with Gasteiger partial charge >= 0.3 is 11.9 Å². The molecular formula is C25H16ClF3N2O3. The summed E-state index contributed by atoms with van der Waals surface area (Å²) in [5.41, 5.74) is 0.0696. The summed E-state index contributed by atoms with van der Waals surface area (Å²) < 4.78 is 45.0. The van der Waals surface area contributed by atoms with Gasteiger partial charge in [-0.25, -0.2) is 0 Å². The Morgan fingerprint density at radius 1 is 1.00 bits per heavy atom. The zero-order valence-electron chi connectivity index (χ0n) is 17.6. The highest BCUT2D eigenvalue weighted by atomic mass is 35.5. The van der Waals surface area contributed by atoms with Gasteiger partial charge in [0.2, 0.25) is 5.75 Å². The molecular weight excluding hydrogens is 469 g/mol. The maximum Gasteiger partial charge on any atom is 0.416 e. The van der Waals surface area contributed by atoms with Gasteiger partial charge in [-0.3, -0.25) is 15.1 Å².